The first kappa shape index (κ1) is 73.2. The van der Waals surface area contributed by atoms with E-state index in [9.17, 15) is 9.59 Å². The topological polar surface area (TPSA) is 181 Å². The zero-order valence-electron chi connectivity index (χ0n) is 54.3. The average molecular weight is 1610 g/mol. The van der Waals surface area contributed by atoms with Gasteiger partial charge in [0.25, 0.3) is 0 Å². The third kappa shape index (κ3) is 18.2. The van der Waals surface area contributed by atoms with Gasteiger partial charge in [-0.3, -0.25) is 19.4 Å². The largest absolute Gasteiger partial charge is 2.00 e. The van der Waals surface area contributed by atoms with E-state index in [1.807, 2.05) is 147 Å². The van der Waals surface area contributed by atoms with Gasteiger partial charge in [0.15, 0.2) is 46.5 Å². The van der Waals surface area contributed by atoms with Gasteiger partial charge in [0, 0.05) is 41.5 Å². The Labute approximate surface area is 577 Å². The number of hydrogen-bond acceptors (Lipinski definition) is 17. The second kappa shape index (κ2) is 34.7. The SMILES string of the molecule is CC(=O)C=C(C)O.CC(=O)C=C(C)O.CCOC1N(c2ccccc2)c2ncc(C(C)C)nc2N1c1ccccc1.[CH2-]C1N(c2[c-]cccc2)c2nc(C(C)C)cnc2N1c1ccccc1.[CH2-]C1N(c2[c-]cccc2)c2ncc(C(C)C)nc2N1c1ccccc1.[Pt+2].[Pt+2]. The van der Waals surface area contributed by atoms with Crippen LogP contribution in [-0.4, -0.2) is 77.0 Å². The van der Waals surface area contributed by atoms with Gasteiger partial charge in [-0.1, -0.05) is 126 Å². The van der Waals surface area contributed by atoms with Gasteiger partial charge < -0.3 is 48.4 Å². The molecule has 93 heavy (non-hydrogen) atoms. The summed E-state index contributed by atoms with van der Waals surface area (Å²) in [7, 11) is 0. The van der Waals surface area contributed by atoms with Crippen LogP contribution >= 0.6 is 0 Å². The monoisotopic (exact) mass is 1610 g/mol. The molecule has 9 aromatic rings. The van der Waals surface area contributed by atoms with Crippen LogP contribution in [-0.2, 0) is 56.5 Å². The summed E-state index contributed by atoms with van der Waals surface area (Å²) >= 11 is 0. The van der Waals surface area contributed by atoms with Crippen LogP contribution in [0.25, 0.3) is 0 Å². The van der Waals surface area contributed by atoms with E-state index in [1.165, 1.54) is 39.8 Å². The Morgan fingerprint density at radius 1 is 0.452 bits per heavy atom. The molecule has 3 unspecified atom stereocenters. The van der Waals surface area contributed by atoms with Crippen molar-refractivity contribution in [3.05, 3.63) is 255 Å². The van der Waals surface area contributed by atoms with Crippen molar-refractivity contribution in [3.8, 4) is 0 Å². The van der Waals surface area contributed by atoms with Crippen LogP contribution < -0.4 is 29.4 Å². The molecule has 6 aromatic carbocycles. The van der Waals surface area contributed by atoms with E-state index in [0.717, 1.165) is 86.1 Å². The van der Waals surface area contributed by atoms with Gasteiger partial charge in [0.2, 0.25) is 6.35 Å². The molecule has 486 valence electrons. The molecular weight excluding hydrogens is 1530 g/mol. The molecule has 3 aliphatic rings. The summed E-state index contributed by atoms with van der Waals surface area (Å²) in [5.74, 6) is 5.76. The van der Waals surface area contributed by atoms with Crippen LogP contribution in [0.2, 0.25) is 0 Å². The van der Waals surface area contributed by atoms with Gasteiger partial charge in [0.05, 0.1) is 47.2 Å². The Balaban J connectivity index is 0.000000198. The van der Waals surface area contributed by atoms with Crippen molar-refractivity contribution in [1.29, 1.82) is 0 Å². The minimum Gasteiger partial charge on any atom is -0.512 e. The maximum atomic E-state index is 10.0. The zero-order chi connectivity index (χ0) is 65.3. The van der Waals surface area contributed by atoms with Crippen LogP contribution in [0.5, 0.6) is 0 Å². The Hall–Kier alpha value is -8.88. The molecule has 0 bridgehead atoms. The van der Waals surface area contributed by atoms with Crippen LogP contribution in [0.1, 0.15) is 111 Å². The van der Waals surface area contributed by atoms with E-state index in [0.29, 0.717) is 24.4 Å². The number of nitrogens with zero attached hydrogens (tertiary/aromatic N) is 12. The van der Waals surface area contributed by atoms with Crippen molar-refractivity contribution in [2.45, 2.75) is 113 Å². The third-order valence-electron chi connectivity index (χ3n) is 14.2. The van der Waals surface area contributed by atoms with Crippen molar-refractivity contribution >= 4 is 80.6 Å². The standard InChI is InChI=1S/C22H24N4O.2C21H20N4.2C5H8O2.2Pt/c1-4-27-22-25(17-11-7-5-8-12-17)20-21(24-19(15-23-20)16(2)3)26(22)18-13-9-6-10-14-18;2*1-15(2)19-14-22-20-21(23-19)25(18-12-8-5-9-13-18)16(3)24(20)17-10-6-4-7-11-17;2*1-4(6)3-5(2)7;;/h5-16,22H,4H2,1-3H3;4-10,12-16H,3H2,1-2H3;4-12,14-16H,3H2,1-2H3;2*3,6H,1-2H3;;/q;2*-2;;;2*+2. The predicted octanol–water partition coefficient (Wildman–Crippen LogP) is 17.0. The molecule has 0 aliphatic carbocycles. The number of hydrogen-bond donors (Lipinski definition) is 2. The van der Waals surface area contributed by atoms with Crippen molar-refractivity contribution in [2.75, 3.05) is 36.0 Å². The number of rotatable bonds is 13. The number of carbonyl (C=O) groups excluding carboxylic acids is 2. The number of benzene rings is 6. The minimum atomic E-state index is -0.336. The van der Waals surface area contributed by atoms with Gasteiger partial charge in [-0.25, -0.2) is 29.9 Å². The van der Waals surface area contributed by atoms with Crippen LogP contribution in [0.3, 0.4) is 0 Å². The quantitative estimate of drug-likeness (QED) is 0.0631. The number of anilines is 12. The fourth-order valence-corrected chi connectivity index (χ4v) is 10.1. The van der Waals surface area contributed by atoms with E-state index in [2.05, 4.69) is 145 Å². The van der Waals surface area contributed by atoms with E-state index in [-0.39, 0.29) is 83.9 Å². The number of fused-ring (bicyclic) bond motifs is 3. The second-order valence-corrected chi connectivity index (χ2v) is 22.4. The molecule has 0 fully saturated rings. The predicted molar refractivity (Wildman–Crippen MR) is 365 cm³/mol. The molecule has 2 N–H and O–H groups in total. The number of aromatic nitrogens is 6. The number of aliphatic hydroxyl groups excluding tert-OH is 2. The maximum Gasteiger partial charge on any atom is 2.00 e. The third-order valence-corrected chi connectivity index (χ3v) is 14.2. The summed E-state index contributed by atoms with van der Waals surface area (Å²) in [5, 5.41) is 16.7. The van der Waals surface area contributed by atoms with Crippen LogP contribution in [0, 0.1) is 26.0 Å². The van der Waals surface area contributed by atoms with Crippen LogP contribution in [0.15, 0.2) is 212 Å². The van der Waals surface area contributed by atoms with Gasteiger partial charge in [0.1, 0.15) is 0 Å². The van der Waals surface area contributed by atoms with Crippen molar-refractivity contribution < 1.29 is 66.7 Å². The molecular formula is C74H80N12O5Pt2. The molecule has 17 nitrogen and oxygen atoms in total. The summed E-state index contributed by atoms with van der Waals surface area (Å²) in [4.78, 5) is 61.7. The van der Waals surface area contributed by atoms with Crippen molar-refractivity contribution in [1.82, 2.24) is 29.9 Å². The molecule has 0 radical (unpaired) electrons. The van der Waals surface area contributed by atoms with Crippen LogP contribution in [0.4, 0.5) is 69.0 Å². The second-order valence-electron chi connectivity index (χ2n) is 22.4. The average Bonchev–Trinajstić information content (AvgIpc) is 1.62. The number of allylic oxidation sites excluding steroid dienone is 4. The first-order valence-electron chi connectivity index (χ1n) is 30.3. The molecule has 19 heteroatoms. The molecule has 3 atom stereocenters. The fourth-order valence-electron chi connectivity index (χ4n) is 10.1. The number of carbonyl (C=O) groups is 2. The molecule has 12 rings (SSSR count). The number of para-hydroxylation sites is 6. The van der Waals surface area contributed by atoms with Crippen molar-refractivity contribution in [2.24, 2.45) is 0 Å². The molecule has 3 aromatic heterocycles. The summed E-state index contributed by atoms with van der Waals surface area (Å²) in [6.07, 6.45) is 7.23. The molecule has 0 saturated carbocycles. The van der Waals surface area contributed by atoms with E-state index in [1.54, 1.807) is 0 Å². The van der Waals surface area contributed by atoms with Gasteiger partial charge in [-0.2, -0.15) is 48.5 Å². The number of ketones is 2. The number of ether oxygens (including phenoxy) is 1. The first-order chi connectivity index (χ1) is 43.8. The minimum absolute atomic E-state index is 0. The smallest absolute Gasteiger partial charge is 0.512 e. The van der Waals surface area contributed by atoms with E-state index < -0.39 is 0 Å². The summed E-state index contributed by atoms with van der Waals surface area (Å²) in [6, 6.07) is 63.2. The van der Waals surface area contributed by atoms with Gasteiger partial charge in [-0.15, -0.1) is 12.1 Å². The molecule has 0 spiro atoms. The molecule has 0 saturated heterocycles. The van der Waals surface area contributed by atoms with Crippen molar-refractivity contribution in [3.63, 3.8) is 0 Å². The van der Waals surface area contributed by atoms with E-state index >= 15 is 0 Å². The first-order valence-corrected chi connectivity index (χ1v) is 30.3. The summed E-state index contributed by atoms with van der Waals surface area (Å²) in [6.45, 7) is 29.9. The van der Waals surface area contributed by atoms with E-state index in [4.69, 9.17) is 44.9 Å². The Morgan fingerprint density at radius 2 is 0.731 bits per heavy atom. The Kier molecular flexibility index (Phi) is 27.3. The molecule has 6 heterocycles. The number of aliphatic hydroxyl groups is 2. The van der Waals surface area contributed by atoms with Gasteiger partial charge >= 0.3 is 42.1 Å². The summed E-state index contributed by atoms with van der Waals surface area (Å²) < 4.78 is 6.19. The maximum absolute atomic E-state index is 10.0. The zero-order valence-corrected chi connectivity index (χ0v) is 58.8. The molecule has 3 aliphatic heterocycles. The Bertz CT molecular complexity index is 3690. The summed E-state index contributed by atoms with van der Waals surface area (Å²) in [5.41, 5.74) is 8.97. The normalized spacial score (nSPS) is 15.2. The molecule has 0 amide bonds. The Morgan fingerprint density at radius 3 is 1.03 bits per heavy atom. The van der Waals surface area contributed by atoms with Gasteiger partial charge in [-0.05, 0) is 113 Å². The fraction of sp³-hybridized carbons (Fsp3) is 0.243.